The number of anilines is 2. The third kappa shape index (κ3) is 6.02. The molecule has 39 heavy (non-hydrogen) atoms. The van der Waals surface area contributed by atoms with Gasteiger partial charge in [-0.3, -0.25) is 23.9 Å². The number of pyridine rings is 1. The Labute approximate surface area is 237 Å². The van der Waals surface area contributed by atoms with Crippen LogP contribution in [0.2, 0.25) is 0 Å². The minimum atomic E-state index is -1.01. The van der Waals surface area contributed by atoms with Gasteiger partial charge in [0.25, 0.3) is 11.5 Å². The van der Waals surface area contributed by atoms with Crippen LogP contribution in [-0.4, -0.2) is 63.5 Å². The molecule has 0 unspecified atom stereocenters. The van der Waals surface area contributed by atoms with Gasteiger partial charge in [-0.2, -0.15) is 5.26 Å². The minimum absolute atomic E-state index is 0.00985. The molecule has 3 heterocycles. The summed E-state index contributed by atoms with van der Waals surface area (Å²) in [7, 11) is 0. The first-order valence-electron chi connectivity index (χ1n) is 13.0. The number of aromatic nitrogens is 1. The van der Waals surface area contributed by atoms with Crippen LogP contribution in [0.3, 0.4) is 0 Å². The Balaban J connectivity index is 1.78. The van der Waals surface area contributed by atoms with Crippen molar-refractivity contribution in [2.24, 2.45) is 0 Å². The maximum absolute atomic E-state index is 13.5. The Kier molecular flexibility index (Phi) is 9.09. The van der Waals surface area contributed by atoms with Crippen molar-refractivity contribution in [3.8, 4) is 6.07 Å². The summed E-state index contributed by atoms with van der Waals surface area (Å²) in [6.07, 6.45) is 3.15. The number of unbranched alkanes of at least 4 members (excludes halogenated alkanes) is 1. The molecule has 0 aliphatic carbocycles. The van der Waals surface area contributed by atoms with Crippen molar-refractivity contribution in [2.75, 3.05) is 42.5 Å². The SMILES string of the molecule is CCCCn1c(N2CCN(c3ccccc3)CC2)c(/C=C2/SC(=S)N(CCC(=O)O)C2=O)c(C)c(C#N)c1=O. The number of hydrogen-bond acceptors (Lipinski definition) is 8. The molecule has 0 atom stereocenters. The summed E-state index contributed by atoms with van der Waals surface area (Å²) in [5.41, 5.74) is 2.04. The number of carboxylic acid groups (broad SMARTS) is 1. The van der Waals surface area contributed by atoms with Gasteiger partial charge < -0.3 is 14.9 Å². The number of piperazine rings is 1. The molecule has 1 aromatic carbocycles. The number of thiocarbonyl (C=S) groups is 1. The molecular weight excluding hydrogens is 534 g/mol. The second-order valence-electron chi connectivity index (χ2n) is 9.45. The lowest BCUT2D eigenvalue weighted by molar-refractivity contribution is -0.137. The molecule has 2 saturated heterocycles. The highest BCUT2D eigenvalue weighted by Crippen LogP contribution is 2.36. The van der Waals surface area contributed by atoms with Crippen molar-refractivity contribution in [3.05, 3.63) is 62.3 Å². The van der Waals surface area contributed by atoms with Crippen molar-refractivity contribution in [1.82, 2.24) is 9.47 Å². The van der Waals surface area contributed by atoms with Crippen LogP contribution >= 0.6 is 24.0 Å². The van der Waals surface area contributed by atoms with Gasteiger partial charge in [0.15, 0.2) is 0 Å². The number of carbonyl (C=O) groups excluding carboxylic acids is 1. The normalized spacial score (nSPS) is 16.7. The average Bonchev–Trinajstić information content (AvgIpc) is 3.20. The first-order chi connectivity index (χ1) is 18.8. The molecule has 2 aliphatic rings. The molecule has 2 aliphatic heterocycles. The summed E-state index contributed by atoms with van der Waals surface area (Å²) in [6, 6.07) is 12.3. The van der Waals surface area contributed by atoms with Crippen LogP contribution in [0.1, 0.15) is 42.9 Å². The summed E-state index contributed by atoms with van der Waals surface area (Å²) in [6.45, 7) is 7.06. The highest BCUT2D eigenvalue weighted by Gasteiger charge is 2.34. The first kappa shape index (κ1) is 28.4. The van der Waals surface area contributed by atoms with Gasteiger partial charge in [-0.1, -0.05) is 55.5 Å². The van der Waals surface area contributed by atoms with Crippen LogP contribution in [0.25, 0.3) is 6.08 Å². The highest BCUT2D eigenvalue weighted by molar-refractivity contribution is 8.26. The van der Waals surface area contributed by atoms with E-state index in [1.54, 1.807) is 17.6 Å². The number of carboxylic acids is 1. The standard InChI is InChI=1S/C28H31N5O4S2/c1-3-4-11-32-25(31-15-13-30(14-16-31)20-8-6-5-7-9-20)21(19(2)22(18-29)26(32)36)17-23-27(37)33(28(38)39-23)12-10-24(34)35/h5-9,17H,3-4,10-16H2,1-2H3,(H,34,35)/b23-17+. The summed E-state index contributed by atoms with van der Waals surface area (Å²) in [4.78, 5) is 43.9. The predicted octanol–water partition coefficient (Wildman–Crippen LogP) is 3.83. The lowest BCUT2D eigenvalue weighted by Gasteiger charge is -2.39. The van der Waals surface area contributed by atoms with Gasteiger partial charge in [-0.15, -0.1) is 0 Å². The van der Waals surface area contributed by atoms with E-state index in [4.69, 9.17) is 17.3 Å². The molecule has 0 saturated carbocycles. The zero-order chi connectivity index (χ0) is 28.1. The molecule has 0 bridgehead atoms. The zero-order valence-corrected chi connectivity index (χ0v) is 23.7. The number of nitriles is 1. The molecule has 0 radical (unpaired) electrons. The Morgan fingerprint density at radius 3 is 2.41 bits per heavy atom. The largest absolute Gasteiger partial charge is 0.481 e. The summed E-state index contributed by atoms with van der Waals surface area (Å²) in [5.74, 6) is -0.675. The number of benzene rings is 1. The van der Waals surface area contributed by atoms with E-state index >= 15 is 0 Å². The number of nitrogens with zero attached hydrogens (tertiary/aromatic N) is 5. The minimum Gasteiger partial charge on any atom is -0.481 e. The fourth-order valence-corrected chi connectivity index (χ4v) is 6.15. The van der Waals surface area contributed by atoms with Crippen LogP contribution in [0.15, 0.2) is 40.0 Å². The third-order valence-corrected chi connectivity index (χ3v) is 8.36. The Bertz CT molecular complexity index is 1410. The fourth-order valence-electron chi connectivity index (χ4n) is 4.86. The van der Waals surface area contributed by atoms with Crippen LogP contribution < -0.4 is 15.4 Å². The number of carbonyl (C=O) groups is 2. The van der Waals surface area contributed by atoms with Crippen LogP contribution in [0.5, 0.6) is 0 Å². The molecule has 1 aromatic heterocycles. The Hall–Kier alpha value is -3.62. The molecule has 1 N–H and O–H groups in total. The maximum Gasteiger partial charge on any atom is 0.305 e. The number of para-hydroxylation sites is 1. The lowest BCUT2D eigenvalue weighted by Crippen LogP contribution is -2.48. The molecule has 0 spiro atoms. The molecular formula is C28H31N5O4S2. The molecule has 1 amide bonds. The summed E-state index contributed by atoms with van der Waals surface area (Å²) in [5, 5.41) is 19.0. The zero-order valence-electron chi connectivity index (χ0n) is 22.1. The second kappa shape index (κ2) is 12.5. The van der Waals surface area contributed by atoms with E-state index in [9.17, 15) is 19.6 Å². The number of amides is 1. The van der Waals surface area contributed by atoms with E-state index in [2.05, 4.69) is 28.0 Å². The lowest BCUT2D eigenvalue weighted by atomic mass is 10.0. The van der Waals surface area contributed by atoms with E-state index in [0.29, 0.717) is 45.8 Å². The number of aliphatic carboxylic acids is 1. The number of rotatable bonds is 9. The topological polar surface area (TPSA) is 110 Å². The van der Waals surface area contributed by atoms with Gasteiger partial charge in [-0.05, 0) is 37.1 Å². The van der Waals surface area contributed by atoms with Gasteiger partial charge in [-0.25, -0.2) is 0 Å². The fraction of sp³-hybridized carbons (Fsp3) is 0.393. The van der Waals surface area contributed by atoms with Crippen LogP contribution in [0.4, 0.5) is 11.5 Å². The maximum atomic E-state index is 13.5. The smallest absolute Gasteiger partial charge is 0.305 e. The molecule has 204 valence electrons. The van der Waals surface area contributed by atoms with E-state index in [0.717, 1.165) is 43.4 Å². The van der Waals surface area contributed by atoms with E-state index < -0.39 is 5.97 Å². The summed E-state index contributed by atoms with van der Waals surface area (Å²) >= 11 is 6.49. The number of thioether (sulfide) groups is 1. The van der Waals surface area contributed by atoms with E-state index in [1.807, 2.05) is 25.1 Å². The molecule has 2 aromatic rings. The van der Waals surface area contributed by atoms with E-state index in [-0.39, 0.29) is 30.0 Å². The van der Waals surface area contributed by atoms with Crippen molar-refractivity contribution in [2.45, 2.75) is 39.7 Å². The van der Waals surface area contributed by atoms with Crippen LogP contribution in [-0.2, 0) is 16.1 Å². The summed E-state index contributed by atoms with van der Waals surface area (Å²) < 4.78 is 1.98. The van der Waals surface area contributed by atoms with Crippen molar-refractivity contribution < 1.29 is 14.7 Å². The van der Waals surface area contributed by atoms with Gasteiger partial charge in [0.2, 0.25) is 0 Å². The van der Waals surface area contributed by atoms with Gasteiger partial charge in [0.1, 0.15) is 21.8 Å². The predicted molar refractivity (Wildman–Crippen MR) is 158 cm³/mol. The molecule has 4 rings (SSSR count). The van der Waals surface area contributed by atoms with Crippen molar-refractivity contribution in [1.29, 1.82) is 5.26 Å². The van der Waals surface area contributed by atoms with Crippen molar-refractivity contribution in [3.63, 3.8) is 0 Å². The molecule has 11 heteroatoms. The quantitative estimate of drug-likeness (QED) is 0.358. The number of hydrogen-bond donors (Lipinski definition) is 1. The molecule has 2 fully saturated rings. The van der Waals surface area contributed by atoms with Gasteiger partial charge >= 0.3 is 5.97 Å². The highest BCUT2D eigenvalue weighted by atomic mass is 32.2. The van der Waals surface area contributed by atoms with E-state index in [1.165, 1.54) is 4.90 Å². The Morgan fingerprint density at radius 1 is 1.13 bits per heavy atom. The van der Waals surface area contributed by atoms with Crippen LogP contribution in [0, 0.1) is 18.3 Å². The Morgan fingerprint density at radius 2 is 1.79 bits per heavy atom. The van der Waals surface area contributed by atoms with Gasteiger partial charge in [0.05, 0.1) is 11.3 Å². The second-order valence-corrected chi connectivity index (χ2v) is 11.1. The molecule has 9 nitrogen and oxygen atoms in total. The average molecular weight is 566 g/mol. The first-order valence-corrected chi connectivity index (χ1v) is 14.2. The van der Waals surface area contributed by atoms with Crippen molar-refractivity contribution >= 4 is 57.8 Å². The van der Waals surface area contributed by atoms with Gasteiger partial charge in [0, 0.05) is 50.5 Å². The third-order valence-electron chi connectivity index (χ3n) is 6.98. The monoisotopic (exact) mass is 565 g/mol.